The first-order valence-electron chi connectivity index (χ1n) is 18.2. The van der Waals surface area contributed by atoms with Gasteiger partial charge in [0.1, 0.15) is 0 Å². The van der Waals surface area contributed by atoms with Crippen molar-refractivity contribution in [3.05, 3.63) is 145 Å². The molecule has 7 aromatic rings. The summed E-state index contributed by atoms with van der Waals surface area (Å²) in [6, 6.07) is 43.4. The topological polar surface area (TPSA) is 51.6 Å². The van der Waals surface area contributed by atoms with E-state index in [0.29, 0.717) is 23.5 Å². The lowest BCUT2D eigenvalue weighted by atomic mass is 9.43. The Morgan fingerprint density at radius 1 is 0.460 bits per heavy atom. The molecule has 0 N–H and O–H groups in total. The molecular weight excluding hydrogens is 609 g/mol. The van der Waals surface area contributed by atoms with Crippen LogP contribution in [0.25, 0.3) is 67.2 Å². The molecule has 0 saturated heterocycles. The Bertz CT molecular complexity index is 2420. The van der Waals surface area contributed by atoms with Crippen molar-refractivity contribution in [2.75, 3.05) is 0 Å². The smallest absolute Gasteiger partial charge is 0.164 e. The molecule has 4 bridgehead atoms. The van der Waals surface area contributed by atoms with Crippen LogP contribution in [0.2, 0.25) is 0 Å². The van der Waals surface area contributed by atoms with E-state index in [-0.39, 0.29) is 5.41 Å². The molecule has 12 rings (SSSR count). The van der Waals surface area contributed by atoms with E-state index in [0.717, 1.165) is 39.7 Å². The quantitative estimate of drug-likeness (QED) is 0.191. The zero-order valence-corrected chi connectivity index (χ0v) is 27.8. The fourth-order valence-electron chi connectivity index (χ4n) is 10.8. The molecule has 4 heteroatoms. The predicted molar refractivity (Wildman–Crippen MR) is 200 cm³/mol. The normalized spacial score (nSPS) is 24.1. The molecular formula is C46H36N4. The van der Waals surface area contributed by atoms with Gasteiger partial charge in [-0.15, -0.1) is 0 Å². The van der Waals surface area contributed by atoms with Crippen molar-refractivity contribution in [1.29, 1.82) is 0 Å². The summed E-state index contributed by atoms with van der Waals surface area (Å²) in [5.41, 5.74) is 11.1. The van der Waals surface area contributed by atoms with Gasteiger partial charge >= 0.3 is 0 Å². The number of rotatable bonds is 4. The average molecular weight is 645 g/mol. The lowest BCUT2D eigenvalue weighted by Crippen LogP contribution is -2.55. The predicted octanol–water partition coefficient (Wildman–Crippen LogP) is 10.8. The highest BCUT2D eigenvalue weighted by molar-refractivity contribution is 5.95. The van der Waals surface area contributed by atoms with Gasteiger partial charge in [0.15, 0.2) is 17.5 Å². The number of aromatic nitrogens is 4. The summed E-state index contributed by atoms with van der Waals surface area (Å²) in [6.07, 6.45) is 11.0. The molecule has 1 spiro atoms. The maximum atomic E-state index is 5.28. The van der Waals surface area contributed by atoms with Crippen LogP contribution in [0.3, 0.4) is 0 Å². The first-order chi connectivity index (χ1) is 24.7. The molecule has 5 aliphatic carbocycles. The Labute approximate surface area is 292 Å². The van der Waals surface area contributed by atoms with Gasteiger partial charge in [-0.25, -0.2) is 15.0 Å². The highest BCUT2D eigenvalue weighted by Gasteiger charge is 2.61. The summed E-state index contributed by atoms with van der Waals surface area (Å²) in [5, 5.41) is 2.32. The lowest BCUT2D eigenvalue weighted by molar-refractivity contribution is -0.0399. The van der Waals surface area contributed by atoms with Crippen molar-refractivity contribution in [1.82, 2.24) is 19.9 Å². The zero-order chi connectivity index (χ0) is 32.8. The summed E-state index contributed by atoms with van der Waals surface area (Å²) in [7, 11) is 0. The van der Waals surface area contributed by atoms with Crippen LogP contribution in [0.15, 0.2) is 134 Å². The van der Waals surface area contributed by atoms with Crippen LogP contribution in [-0.4, -0.2) is 19.9 Å². The summed E-state index contributed by atoms with van der Waals surface area (Å²) >= 11 is 0. The van der Waals surface area contributed by atoms with Crippen LogP contribution in [0.5, 0.6) is 0 Å². The van der Waals surface area contributed by atoms with E-state index >= 15 is 0 Å². The van der Waals surface area contributed by atoms with Gasteiger partial charge in [0.2, 0.25) is 0 Å². The first kappa shape index (κ1) is 28.4. The number of benzene rings is 5. The van der Waals surface area contributed by atoms with E-state index in [1.54, 1.807) is 0 Å². The lowest BCUT2D eigenvalue weighted by Gasteiger charge is -2.61. The molecule has 5 aliphatic rings. The van der Waals surface area contributed by atoms with Crippen LogP contribution >= 0.6 is 0 Å². The van der Waals surface area contributed by atoms with Gasteiger partial charge in [-0.3, -0.25) is 4.98 Å². The van der Waals surface area contributed by atoms with E-state index in [1.165, 1.54) is 70.9 Å². The molecule has 0 amide bonds. The van der Waals surface area contributed by atoms with Gasteiger partial charge in [0.05, 0.1) is 0 Å². The Morgan fingerprint density at radius 2 is 1.10 bits per heavy atom. The number of hydrogen-bond donors (Lipinski definition) is 0. The maximum absolute atomic E-state index is 5.28. The third-order valence-electron chi connectivity index (χ3n) is 12.6. The van der Waals surface area contributed by atoms with Crippen molar-refractivity contribution in [2.45, 2.75) is 37.5 Å². The van der Waals surface area contributed by atoms with Gasteiger partial charge < -0.3 is 0 Å². The molecule has 4 saturated carbocycles. The summed E-state index contributed by atoms with van der Waals surface area (Å²) < 4.78 is 0. The molecule has 240 valence electrons. The summed E-state index contributed by atoms with van der Waals surface area (Å²) in [4.78, 5) is 20.3. The van der Waals surface area contributed by atoms with Gasteiger partial charge in [-0.1, -0.05) is 109 Å². The molecule has 2 aromatic heterocycles. The molecule has 4 nitrogen and oxygen atoms in total. The van der Waals surface area contributed by atoms with Gasteiger partial charge in [0.25, 0.3) is 0 Å². The first-order valence-corrected chi connectivity index (χ1v) is 18.2. The highest BCUT2D eigenvalue weighted by atomic mass is 15.0. The van der Waals surface area contributed by atoms with E-state index in [9.17, 15) is 0 Å². The summed E-state index contributed by atoms with van der Waals surface area (Å²) in [6.45, 7) is 0. The molecule has 4 fully saturated rings. The van der Waals surface area contributed by atoms with Crippen molar-refractivity contribution in [2.24, 2.45) is 23.7 Å². The van der Waals surface area contributed by atoms with Crippen molar-refractivity contribution < 1.29 is 0 Å². The van der Waals surface area contributed by atoms with Gasteiger partial charge in [-0.2, -0.15) is 0 Å². The van der Waals surface area contributed by atoms with Crippen molar-refractivity contribution in [3.8, 4) is 56.4 Å². The van der Waals surface area contributed by atoms with E-state index in [4.69, 9.17) is 15.0 Å². The third-order valence-corrected chi connectivity index (χ3v) is 12.6. The van der Waals surface area contributed by atoms with E-state index < -0.39 is 0 Å². The van der Waals surface area contributed by atoms with Crippen LogP contribution in [0.4, 0.5) is 0 Å². The van der Waals surface area contributed by atoms with Gasteiger partial charge in [0, 0.05) is 40.1 Å². The second kappa shape index (κ2) is 10.8. The molecule has 0 unspecified atom stereocenters. The average Bonchev–Trinajstić information content (AvgIpc) is 3.47. The highest BCUT2D eigenvalue weighted by Crippen LogP contribution is 2.69. The molecule has 50 heavy (non-hydrogen) atoms. The largest absolute Gasteiger partial charge is 0.264 e. The fourth-order valence-corrected chi connectivity index (χ4v) is 10.8. The molecule has 0 atom stereocenters. The molecule has 5 aromatic carbocycles. The second-order valence-electron chi connectivity index (χ2n) is 15.1. The number of pyridine rings is 1. The summed E-state index contributed by atoms with van der Waals surface area (Å²) in [5.74, 6) is 5.26. The number of hydrogen-bond acceptors (Lipinski definition) is 4. The zero-order valence-electron chi connectivity index (χ0n) is 27.8. The standard InChI is InChI=1S/C46H36N4/c1-2-7-30(8-3-1)31-13-15-33(16-14-31)43-48-44(50-45(49-43)39-12-6-10-32-9-4-5-11-37(32)39)34-17-18-38-40-27-47-20-19-41(40)46(42(38)26-34)35-22-28-21-29(24-35)25-36(46)23-28/h1-20,26-29,35-36H,21-25H2. The maximum Gasteiger partial charge on any atom is 0.164 e. The minimum atomic E-state index is 0.0542. The van der Waals surface area contributed by atoms with E-state index in [1.807, 2.05) is 6.20 Å². The fraction of sp³-hybridized carbons (Fsp3) is 0.217. The van der Waals surface area contributed by atoms with Crippen molar-refractivity contribution in [3.63, 3.8) is 0 Å². The van der Waals surface area contributed by atoms with Crippen LogP contribution in [0, 0.1) is 23.7 Å². The van der Waals surface area contributed by atoms with Crippen LogP contribution in [-0.2, 0) is 5.41 Å². The minimum Gasteiger partial charge on any atom is -0.264 e. The molecule has 2 heterocycles. The number of fused-ring (bicyclic) bond motifs is 4. The Kier molecular flexibility index (Phi) is 6.10. The Morgan fingerprint density at radius 3 is 1.90 bits per heavy atom. The monoisotopic (exact) mass is 644 g/mol. The Balaban J connectivity index is 1.10. The van der Waals surface area contributed by atoms with Crippen LogP contribution < -0.4 is 0 Å². The second-order valence-corrected chi connectivity index (χ2v) is 15.1. The van der Waals surface area contributed by atoms with E-state index in [2.05, 4.69) is 133 Å². The van der Waals surface area contributed by atoms with Crippen LogP contribution in [0.1, 0.15) is 43.2 Å². The van der Waals surface area contributed by atoms with Gasteiger partial charge in [-0.05, 0) is 106 Å². The molecule has 0 aliphatic heterocycles. The molecule has 0 radical (unpaired) electrons. The SMILES string of the molecule is c1ccc(-c2ccc(-c3nc(-c4ccc5c(c4)C4(c6ccncc6-5)C5CC6CC(C5)CC4C6)nc(-c4cccc5ccccc45)n3)cc2)cc1. The Hall–Kier alpha value is -5.48. The minimum absolute atomic E-state index is 0.0542. The van der Waals surface area contributed by atoms with Crippen molar-refractivity contribution >= 4 is 10.8 Å². The number of nitrogens with zero attached hydrogens (tertiary/aromatic N) is 4. The third kappa shape index (κ3) is 4.11.